The summed E-state index contributed by atoms with van der Waals surface area (Å²) in [7, 11) is 0. The van der Waals surface area contributed by atoms with Gasteiger partial charge in [-0.3, -0.25) is 4.79 Å². The molecule has 78 valence electrons. The summed E-state index contributed by atoms with van der Waals surface area (Å²) in [4.78, 5) is 21.0. The third-order valence-corrected chi connectivity index (χ3v) is 1.95. The fourth-order valence-electron chi connectivity index (χ4n) is 1.35. The second kappa shape index (κ2) is 5.91. The van der Waals surface area contributed by atoms with Crippen molar-refractivity contribution in [3.63, 3.8) is 0 Å². The van der Waals surface area contributed by atoms with Crippen molar-refractivity contribution in [3.05, 3.63) is 41.5 Å². The Labute approximate surface area is 89.6 Å². The Morgan fingerprint density at radius 1 is 1.40 bits per heavy atom. The minimum Gasteiger partial charge on any atom is -0.303 e. The Morgan fingerprint density at radius 2 is 2.20 bits per heavy atom. The highest BCUT2D eigenvalue weighted by Gasteiger charge is 1.97. The number of carbonyl (C=O) groups excluding carboxylic acids is 2. The van der Waals surface area contributed by atoms with E-state index < -0.39 is 0 Å². The first-order valence-electron chi connectivity index (χ1n) is 4.91. The third-order valence-electron chi connectivity index (χ3n) is 1.95. The van der Waals surface area contributed by atoms with E-state index in [0.717, 1.165) is 17.4 Å². The molecule has 0 aromatic heterocycles. The average Bonchev–Trinajstić information content (AvgIpc) is 2.18. The zero-order valence-corrected chi connectivity index (χ0v) is 8.77. The molecule has 0 bridgehead atoms. The molecule has 0 fully saturated rings. The van der Waals surface area contributed by atoms with Gasteiger partial charge in [-0.15, -0.1) is 0 Å². The number of rotatable bonds is 5. The quantitative estimate of drug-likeness (QED) is 0.687. The van der Waals surface area contributed by atoms with Gasteiger partial charge in [0.15, 0.2) is 0 Å². The maximum absolute atomic E-state index is 10.9. The summed E-state index contributed by atoms with van der Waals surface area (Å²) in [5.41, 5.74) is 2.03. The van der Waals surface area contributed by atoms with E-state index in [2.05, 4.69) is 0 Å². The average molecular weight is 202 g/mol. The molecule has 0 saturated heterocycles. The Balaban J connectivity index is 2.73. The molecular formula is C13H14O2. The predicted octanol–water partition coefficient (Wildman–Crippen LogP) is 2.42. The van der Waals surface area contributed by atoms with Crippen LogP contribution in [0.1, 0.15) is 24.5 Å². The molecule has 0 aliphatic heterocycles. The number of aldehydes is 1. The van der Waals surface area contributed by atoms with E-state index in [9.17, 15) is 9.59 Å². The highest BCUT2D eigenvalue weighted by molar-refractivity contribution is 5.78. The molecule has 0 radical (unpaired) electrons. The van der Waals surface area contributed by atoms with Crippen LogP contribution in [0.25, 0.3) is 6.08 Å². The lowest BCUT2D eigenvalue weighted by Crippen LogP contribution is -1.95. The molecule has 15 heavy (non-hydrogen) atoms. The van der Waals surface area contributed by atoms with E-state index in [1.54, 1.807) is 13.0 Å². The van der Waals surface area contributed by atoms with Gasteiger partial charge in [-0.05, 0) is 18.1 Å². The van der Waals surface area contributed by atoms with Gasteiger partial charge < -0.3 is 4.79 Å². The molecule has 0 heterocycles. The smallest absolute Gasteiger partial charge is 0.134 e. The van der Waals surface area contributed by atoms with Crippen LogP contribution in [-0.2, 0) is 16.0 Å². The summed E-state index contributed by atoms with van der Waals surface area (Å²) in [5, 5.41) is 0. The second-order valence-electron chi connectivity index (χ2n) is 3.43. The van der Waals surface area contributed by atoms with Gasteiger partial charge in [-0.1, -0.05) is 36.4 Å². The van der Waals surface area contributed by atoms with E-state index in [4.69, 9.17) is 0 Å². The minimum atomic E-state index is 0.157. The van der Waals surface area contributed by atoms with Crippen LogP contribution in [0.15, 0.2) is 30.3 Å². The summed E-state index contributed by atoms with van der Waals surface area (Å²) >= 11 is 0. The molecule has 2 heteroatoms. The van der Waals surface area contributed by atoms with E-state index in [1.165, 1.54) is 0 Å². The van der Waals surface area contributed by atoms with Gasteiger partial charge in [-0.2, -0.15) is 0 Å². The first-order valence-corrected chi connectivity index (χ1v) is 4.91. The van der Waals surface area contributed by atoms with Crippen molar-refractivity contribution in [2.24, 2.45) is 0 Å². The molecule has 0 atom stereocenters. The van der Waals surface area contributed by atoms with Gasteiger partial charge in [0.2, 0.25) is 0 Å². The zero-order valence-electron chi connectivity index (χ0n) is 8.77. The van der Waals surface area contributed by atoms with Crippen molar-refractivity contribution in [2.75, 3.05) is 0 Å². The number of hydrogen-bond donors (Lipinski definition) is 0. The molecule has 1 rings (SSSR count). The minimum absolute atomic E-state index is 0.157. The number of allylic oxidation sites excluding steroid dienone is 1. The molecule has 0 N–H and O–H groups in total. The molecule has 0 spiro atoms. The topological polar surface area (TPSA) is 34.1 Å². The normalized spacial score (nSPS) is 10.5. The van der Waals surface area contributed by atoms with E-state index in [-0.39, 0.29) is 5.78 Å². The Kier molecular flexibility index (Phi) is 4.48. The summed E-state index contributed by atoms with van der Waals surface area (Å²) < 4.78 is 0. The fraction of sp³-hybridized carbons (Fsp3) is 0.231. The van der Waals surface area contributed by atoms with Crippen molar-refractivity contribution in [3.8, 4) is 0 Å². The van der Waals surface area contributed by atoms with Crippen molar-refractivity contribution < 1.29 is 9.59 Å². The Hall–Kier alpha value is -1.70. The molecule has 0 unspecified atom stereocenters. The fourth-order valence-corrected chi connectivity index (χ4v) is 1.35. The summed E-state index contributed by atoms with van der Waals surface area (Å²) in [6.45, 7) is 1.58. The number of carbonyl (C=O) groups is 2. The monoisotopic (exact) mass is 202 g/mol. The summed E-state index contributed by atoms with van der Waals surface area (Å²) in [6.07, 6.45) is 5.44. The number of Topliss-reactive ketones (excluding diaryl/α,β-unsaturated/α-hetero) is 1. The van der Waals surface area contributed by atoms with Crippen LogP contribution in [0.5, 0.6) is 0 Å². The number of hydrogen-bond acceptors (Lipinski definition) is 2. The molecule has 0 aliphatic carbocycles. The van der Waals surface area contributed by atoms with Gasteiger partial charge in [0.05, 0.1) is 0 Å². The number of ketones is 1. The van der Waals surface area contributed by atoms with Crippen LogP contribution in [0.3, 0.4) is 0 Å². The van der Waals surface area contributed by atoms with E-state index in [0.29, 0.717) is 12.8 Å². The van der Waals surface area contributed by atoms with Crippen LogP contribution in [-0.4, -0.2) is 12.1 Å². The standard InChI is InChI=1S/C13H14O2/c1-11(15)9-13-7-4-6-12(10-13)5-2-3-8-14/h2,4-8,10H,3,9H2,1H3. The first-order chi connectivity index (χ1) is 7.22. The first kappa shape index (κ1) is 11.4. The van der Waals surface area contributed by atoms with Crippen molar-refractivity contribution >= 4 is 18.1 Å². The van der Waals surface area contributed by atoms with Gasteiger partial charge in [-0.25, -0.2) is 0 Å². The lowest BCUT2D eigenvalue weighted by molar-refractivity contribution is -0.116. The summed E-state index contributed by atoms with van der Waals surface area (Å²) in [6, 6.07) is 7.75. The Morgan fingerprint density at radius 3 is 2.87 bits per heavy atom. The van der Waals surface area contributed by atoms with Gasteiger partial charge >= 0.3 is 0 Å². The molecular weight excluding hydrogens is 188 g/mol. The van der Waals surface area contributed by atoms with Crippen molar-refractivity contribution in [2.45, 2.75) is 19.8 Å². The molecule has 1 aromatic carbocycles. The lowest BCUT2D eigenvalue weighted by atomic mass is 10.1. The molecule has 0 amide bonds. The SMILES string of the molecule is CC(=O)Cc1cccc(C=CCC=O)c1. The van der Waals surface area contributed by atoms with Crippen LogP contribution < -0.4 is 0 Å². The maximum Gasteiger partial charge on any atom is 0.134 e. The van der Waals surface area contributed by atoms with Gasteiger partial charge in [0.1, 0.15) is 12.1 Å². The summed E-state index contributed by atoms with van der Waals surface area (Å²) in [5.74, 6) is 0.157. The van der Waals surface area contributed by atoms with Crippen molar-refractivity contribution in [1.82, 2.24) is 0 Å². The van der Waals surface area contributed by atoms with Gasteiger partial charge in [0.25, 0.3) is 0 Å². The Bertz CT molecular complexity index is 378. The zero-order chi connectivity index (χ0) is 11.1. The lowest BCUT2D eigenvalue weighted by Gasteiger charge is -1.99. The largest absolute Gasteiger partial charge is 0.303 e. The molecule has 0 aliphatic rings. The maximum atomic E-state index is 10.9. The van der Waals surface area contributed by atoms with Crippen LogP contribution in [0.4, 0.5) is 0 Å². The van der Waals surface area contributed by atoms with Gasteiger partial charge in [0, 0.05) is 12.8 Å². The second-order valence-corrected chi connectivity index (χ2v) is 3.43. The molecule has 0 saturated carbocycles. The predicted molar refractivity (Wildman–Crippen MR) is 60.5 cm³/mol. The van der Waals surface area contributed by atoms with E-state index >= 15 is 0 Å². The van der Waals surface area contributed by atoms with Crippen molar-refractivity contribution in [1.29, 1.82) is 0 Å². The third kappa shape index (κ3) is 4.36. The highest BCUT2D eigenvalue weighted by Crippen LogP contribution is 2.08. The molecule has 2 nitrogen and oxygen atoms in total. The molecule has 1 aromatic rings. The highest BCUT2D eigenvalue weighted by atomic mass is 16.1. The van der Waals surface area contributed by atoms with E-state index in [1.807, 2.05) is 30.3 Å². The van der Waals surface area contributed by atoms with Crippen LogP contribution in [0.2, 0.25) is 0 Å². The van der Waals surface area contributed by atoms with Crippen LogP contribution >= 0.6 is 0 Å². The van der Waals surface area contributed by atoms with Crippen LogP contribution in [0, 0.1) is 0 Å². The number of benzene rings is 1.